The first-order valence-electron chi connectivity index (χ1n) is 5.29. The van der Waals surface area contributed by atoms with Crippen LogP contribution in [0, 0.1) is 6.92 Å². The maximum absolute atomic E-state index is 9.31. The fraction of sp³-hybridized carbons (Fsp3) is 0.154. The Bertz CT molecular complexity index is 527. The summed E-state index contributed by atoms with van der Waals surface area (Å²) >= 11 is 0. The lowest BCUT2D eigenvalue weighted by Gasteiger charge is -2.08. The van der Waals surface area contributed by atoms with Crippen LogP contribution in [0.1, 0.15) is 11.3 Å². The van der Waals surface area contributed by atoms with E-state index in [9.17, 15) is 5.11 Å². The molecule has 0 aliphatic carbocycles. The van der Waals surface area contributed by atoms with E-state index in [4.69, 9.17) is 10.5 Å². The molecule has 0 spiro atoms. The van der Waals surface area contributed by atoms with E-state index in [0.29, 0.717) is 18.2 Å². The number of pyridine rings is 1. The van der Waals surface area contributed by atoms with Crippen molar-refractivity contribution in [1.82, 2.24) is 4.98 Å². The maximum atomic E-state index is 9.31. The highest BCUT2D eigenvalue weighted by molar-refractivity contribution is 5.46. The Balaban J connectivity index is 2.07. The normalized spacial score (nSPS) is 10.2. The molecule has 0 atom stereocenters. The summed E-state index contributed by atoms with van der Waals surface area (Å²) in [5.41, 5.74) is 7.46. The molecular weight excluding hydrogens is 216 g/mol. The molecule has 0 saturated heterocycles. The molecule has 1 aromatic carbocycles. The summed E-state index contributed by atoms with van der Waals surface area (Å²) in [4.78, 5) is 4.11. The van der Waals surface area contributed by atoms with Crippen LogP contribution in [0.25, 0.3) is 0 Å². The predicted molar refractivity (Wildman–Crippen MR) is 65.8 cm³/mol. The molecule has 4 heteroatoms. The van der Waals surface area contributed by atoms with Crippen LogP contribution >= 0.6 is 0 Å². The van der Waals surface area contributed by atoms with Crippen molar-refractivity contribution < 1.29 is 9.84 Å². The zero-order valence-corrected chi connectivity index (χ0v) is 9.55. The van der Waals surface area contributed by atoms with E-state index >= 15 is 0 Å². The number of ether oxygens (including phenoxy) is 1. The van der Waals surface area contributed by atoms with Gasteiger partial charge >= 0.3 is 0 Å². The third kappa shape index (κ3) is 2.87. The summed E-state index contributed by atoms with van der Waals surface area (Å²) in [6.07, 6.45) is 0. The average molecular weight is 230 g/mol. The van der Waals surface area contributed by atoms with Gasteiger partial charge < -0.3 is 15.6 Å². The van der Waals surface area contributed by atoms with Crippen LogP contribution in [0.5, 0.6) is 11.5 Å². The van der Waals surface area contributed by atoms with Gasteiger partial charge in [-0.05, 0) is 36.8 Å². The molecule has 17 heavy (non-hydrogen) atoms. The van der Waals surface area contributed by atoms with E-state index in [-0.39, 0.29) is 5.75 Å². The zero-order chi connectivity index (χ0) is 12.3. The Kier molecular flexibility index (Phi) is 3.14. The molecule has 88 valence electrons. The second kappa shape index (κ2) is 4.74. The van der Waals surface area contributed by atoms with E-state index in [2.05, 4.69) is 4.98 Å². The fourth-order valence-electron chi connectivity index (χ4n) is 1.49. The van der Waals surface area contributed by atoms with E-state index in [1.165, 1.54) is 0 Å². The van der Waals surface area contributed by atoms with Gasteiger partial charge in [-0.2, -0.15) is 0 Å². The number of anilines is 1. The molecular formula is C13H14N2O2. The Morgan fingerprint density at radius 3 is 2.82 bits per heavy atom. The van der Waals surface area contributed by atoms with Gasteiger partial charge in [0.15, 0.2) is 11.6 Å². The van der Waals surface area contributed by atoms with Crippen LogP contribution in [-0.2, 0) is 6.61 Å². The average Bonchev–Trinajstić information content (AvgIpc) is 2.28. The molecule has 0 saturated carbocycles. The van der Waals surface area contributed by atoms with Gasteiger partial charge in [-0.3, -0.25) is 0 Å². The highest BCUT2D eigenvalue weighted by Crippen LogP contribution is 2.20. The molecule has 2 aromatic rings. The number of phenolic OH excluding ortho intramolecular Hbond substituents is 1. The minimum Gasteiger partial charge on any atom is -0.508 e. The molecule has 0 radical (unpaired) electrons. The summed E-state index contributed by atoms with van der Waals surface area (Å²) in [5.74, 6) is 1.16. The summed E-state index contributed by atoms with van der Waals surface area (Å²) in [5, 5.41) is 9.31. The molecule has 0 unspecified atom stereocenters. The van der Waals surface area contributed by atoms with Crippen molar-refractivity contribution in [3.05, 3.63) is 47.7 Å². The quantitative estimate of drug-likeness (QED) is 0.848. The standard InChI is InChI=1S/C13H14N2O2/c1-9-5-6-12(13(14)15-9)17-8-10-3-2-4-11(16)7-10/h2-7,16H,8H2,1H3,(H2,14,15). The topological polar surface area (TPSA) is 68.4 Å². The van der Waals surface area contributed by atoms with Crippen LogP contribution < -0.4 is 10.5 Å². The monoisotopic (exact) mass is 230 g/mol. The lowest BCUT2D eigenvalue weighted by Crippen LogP contribution is -2.01. The third-order valence-corrected chi connectivity index (χ3v) is 2.33. The van der Waals surface area contributed by atoms with Gasteiger partial charge in [0.1, 0.15) is 12.4 Å². The second-order valence-electron chi connectivity index (χ2n) is 3.79. The van der Waals surface area contributed by atoms with Gasteiger partial charge in [-0.25, -0.2) is 4.98 Å². The van der Waals surface area contributed by atoms with E-state index in [1.54, 1.807) is 24.3 Å². The number of nitrogens with two attached hydrogens (primary N) is 1. The van der Waals surface area contributed by atoms with Crippen molar-refractivity contribution in [2.45, 2.75) is 13.5 Å². The molecule has 0 aliphatic heterocycles. The Labute approximate surface area is 99.7 Å². The molecule has 0 amide bonds. The number of aromatic nitrogens is 1. The number of aryl methyl sites for hydroxylation is 1. The first kappa shape index (κ1) is 11.3. The second-order valence-corrected chi connectivity index (χ2v) is 3.79. The van der Waals surface area contributed by atoms with E-state index in [0.717, 1.165) is 11.3 Å². The number of aromatic hydroxyl groups is 1. The highest BCUT2D eigenvalue weighted by atomic mass is 16.5. The first-order chi connectivity index (χ1) is 8.15. The largest absolute Gasteiger partial charge is 0.508 e. The molecule has 0 fully saturated rings. The smallest absolute Gasteiger partial charge is 0.166 e. The minimum atomic E-state index is 0.223. The van der Waals surface area contributed by atoms with Crippen molar-refractivity contribution >= 4 is 5.82 Å². The SMILES string of the molecule is Cc1ccc(OCc2cccc(O)c2)c(N)n1. The maximum Gasteiger partial charge on any atom is 0.166 e. The van der Waals surface area contributed by atoms with Crippen LogP contribution in [0.4, 0.5) is 5.82 Å². The van der Waals surface area contributed by atoms with Crippen LogP contribution in [0.3, 0.4) is 0 Å². The van der Waals surface area contributed by atoms with Gasteiger partial charge in [-0.1, -0.05) is 12.1 Å². The summed E-state index contributed by atoms with van der Waals surface area (Å²) in [6.45, 7) is 2.22. The summed E-state index contributed by atoms with van der Waals surface area (Å²) in [7, 11) is 0. The van der Waals surface area contributed by atoms with Crippen molar-refractivity contribution in [2.75, 3.05) is 5.73 Å². The predicted octanol–water partition coefficient (Wildman–Crippen LogP) is 2.26. The summed E-state index contributed by atoms with van der Waals surface area (Å²) in [6, 6.07) is 10.5. The number of hydrogen-bond acceptors (Lipinski definition) is 4. The molecule has 1 heterocycles. The number of phenols is 1. The number of benzene rings is 1. The van der Waals surface area contributed by atoms with E-state index < -0.39 is 0 Å². The highest BCUT2D eigenvalue weighted by Gasteiger charge is 2.02. The van der Waals surface area contributed by atoms with Gasteiger partial charge in [0.25, 0.3) is 0 Å². The lowest BCUT2D eigenvalue weighted by molar-refractivity contribution is 0.306. The molecule has 2 rings (SSSR count). The molecule has 3 N–H and O–H groups in total. The third-order valence-electron chi connectivity index (χ3n) is 2.33. The van der Waals surface area contributed by atoms with Crippen molar-refractivity contribution in [2.24, 2.45) is 0 Å². The van der Waals surface area contributed by atoms with Gasteiger partial charge in [-0.15, -0.1) is 0 Å². The van der Waals surface area contributed by atoms with Crippen LogP contribution in [0.2, 0.25) is 0 Å². The number of nitrogens with zero attached hydrogens (tertiary/aromatic N) is 1. The first-order valence-corrected chi connectivity index (χ1v) is 5.29. The van der Waals surface area contributed by atoms with Gasteiger partial charge in [0.05, 0.1) is 0 Å². The van der Waals surface area contributed by atoms with Gasteiger partial charge in [0.2, 0.25) is 0 Å². The van der Waals surface area contributed by atoms with E-state index in [1.807, 2.05) is 19.1 Å². The lowest BCUT2D eigenvalue weighted by atomic mass is 10.2. The number of hydrogen-bond donors (Lipinski definition) is 2. The zero-order valence-electron chi connectivity index (χ0n) is 9.55. The van der Waals surface area contributed by atoms with Crippen molar-refractivity contribution in [1.29, 1.82) is 0 Å². The Hall–Kier alpha value is -2.23. The minimum absolute atomic E-state index is 0.223. The van der Waals surface area contributed by atoms with Crippen LogP contribution in [0.15, 0.2) is 36.4 Å². The fourth-order valence-corrected chi connectivity index (χ4v) is 1.49. The number of nitrogen functional groups attached to an aromatic ring is 1. The van der Waals surface area contributed by atoms with Crippen molar-refractivity contribution in [3.8, 4) is 11.5 Å². The van der Waals surface area contributed by atoms with Crippen LogP contribution in [-0.4, -0.2) is 10.1 Å². The molecule has 0 bridgehead atoms. The Morgan fingerprint density at radius 2 is 2.12 bits per heavy atom. The molecule has 1 aromatic heterocycles. The van der Waals surface area contributed by atoms with Crippen molar-refractivity contribution in [3.63, 3.8) is 0 Å². The Morgan fingerprint density at radius 1 is 1.29 bits per heavy atom. The molecule has 4 nitrogen and oxygen atoms in total. The number of rotatable bonds is 3. The molecule has 0 aliphatic rings. The van der Waals surface area contributed by atoms with Gasteiger partial charge in [0, 0.05) is 5.69 Å². The summed E-state index contributed by atoms with van der Waals surface area (Å²) < 4.78 is 5.53.